The van der Waals surface area contributed by atoms with E-state index in [0.29, 0.717) is 17.3 Å². The van der Waals surface area contributed by atoms with Crippen LogP contribution in [0.15, 0.2) is 36.7 Å². The molecule has 4 rings (SSSR count). The van der Waals surface area contributed by atoms with Crippen molar-refractivity contribution in [3.05, 3.63) is 41.7 Å². The fourth-order valence-electron chi connectivity index (χ4n) is 2.82. The molecule has 1 aliphatic heterocycles. The number of benzene rings is 1. The van der Waals surface area contributed by atoms with Gasteiger partial charge in [-0.1, -0.05) is 23.7 Å². The first-order valence-electron chi connectivity index (χ1n) is 7.48. The number of anilines is 1. The van der Waals surface area contributed by atoms with Gasteiger partial charge in [0, 0.05) is 15.9 Å². The highest BCUT2D eigenvalue weighted by Gasteiger charge is 2.28. The zero-order chi connectivity index (χ0) is 16.7. The molecule has 1 aromatic carbocycles. The van der Waals surface area contributed by atoms with Gasteiger partial charge in [0.25, 0.3) is 0 Å². The van der Waals surface area contributed by atoms with Crippen molar-refractivity contribution in [2.45, 2.75) is 12.5 Å². The Labute approximate surface area is 148 Å². The number of nitrogens with zero attached hydrogens (tertiary/aromatic N) is 2. The van der Waals surface area contributed by atoms with Gasteiger partial charge in [-0.05, 0) is 30.2 Å². The summed E-state index contributed by atoms with van der Waals surface area (Å²) < 4.78 is 24.2. The minimum Gasteiger partial charge on any atom is -0.365 e. The van der Waals surface area contributed by atoms with Crippen LogP contribution in [-0.2, 0) is 9.84 Å². The Morgan fingerprint density at radius 1 is 1.21 bits per heavy atom. The van der Waals surface area contributed by atoms with Gasteiger partial charge in [-0.15, -0.1) is 11.3 Å². The van der Waals surface area contributed by atoms with Crippen molar-refractivity contribution in [2.75, 3.05) is 16.8 Å². The Morgan fingerprint density at radius 3 is 2.71 bits per heavy atom. The van der Waals surface area contributed by atoms with Crippen molar-refractivity contribution in [3.63, 3.8) is 0 Å². The minimum absolute atomic E-state index is 0.0887. The lowest BCUT2D eigenvalue weighted by molar-refractivity contribution is 0.602. The molecule has 0 bridgehead atoms. The molecule has 0 radical (unpaired) electrons. The van der Waals surface area contributed by atoms with Crippen LogP contribution in [0.25, 0.3) is 20.7 Å². The molecule has 8 heteroatoms. The number of aromatic nitrogens is 2. The fraction of sp³-hybridized carbons (Fsp3) is 0.250. The van der Waals surface area contributed by atoms with Gasteiger partial charge in [0.15, 0.2) is 9.84 Å². The van der Waals surface area contributed by atoms with Gasteiger partial charge in [0.2, 0.25) is 0 Å². The molecule has 0 saturated carbocycles. The average Bonchev–Trinajstić information content (AvgIpc) is 3.12. The first kappa shape index (κ1) is 15.8. The van der Waals surface area contributed by atoms with E-state index in [1.54, 1.807) is 11.3 Å². The highest BCUT2D eigenvalue weighted by atomic mass is 35.5. The number of hydrogen-bond acceptors (Lipinski definition) is 6. The first-order valence-corrected chi connectivity index (χ1v) is 10.5. The number of fused-ring (bicyclic) bond motifs is 1. The second-order valence-electron chi connectivity index (χ2n) is 5.80. The molecular weight excluding hydrogens is 366 g/mol. The zero-order valence-electron chi connectivity index (χ0n) is 12.6. The Bertz CT molecular complexity index is 1000. The molecule has 0 spiro atoms. The van der Waals surface area contributed by atoms with Crippen molar-refractivity contribution in [3.8, 4) is 10.4 Å². The third kappa shape index (κ3) is 3.11. The predicted molar refractivity (Wildman–Crippen MR) is 98.5 cm³/mol. The van der Waals surface area contributed by atoms with Gasteiger partial charge in [0.1, 0.15) is 12.1 Å². The quantitative estimate of drug-likeness (QED) is 0.752. The van der Waals surface area contributed by atoms with Gasteiger partial charge in [-0.25, -0.2) is 18.4 Å². The molecule has 1 atom stereocenters. The normalized spacial score (nSPS) is 19.6. The van der Waals surface area contributed by atoms with Crippen LogP contribution in [0.3, 0.4) is 0 Å². The minimum atomic E-state index is -2.93. The van der Waals surface area contributed by atoms with E-state index >= 15 is 0 Å². The highest BCUT2D eigenvalue weighted by Crippen LogP contribution is 2.36. The van der Waals surface area contributed by atoms with Gasteiger partial charge in [-0.2, -0.15) is 0 Å². The smallest absolute Gasteiger partial charge is 0.152 e. The summed E-state index contributed by atoms with van der Waals surface area (Å²) in [5.74, 6) is 1.10. The molecule has 1 saturated heterocycles. The molecule has 24 heavy (non-hydrogen) atoms. The molecule has 1 N–H and O–H groups in total. The molecule has 3 heterocycles. The number of sulfone groups is 1. The van der Waals surface area contributed by atoms with Gasteiger partial charge in [0.05, 0.1) is 21.7 Å². The van der Waals surface area contributed by atoms with Crippen LogP contribution in [0.1, 0.15) is 6.42 Å². The maximum absolute atomic E-state index is 11.6. The van der Waals surface area contributed by atoms with E-state index in [2.05, 4.69) is 15.3 Å². The molecule has 0 unspecified atom stereocenters. The monoisotopic (exact) mass is 379 g/mol. The molecule has 2 aromatic heterocycles. The SMILES string of the molecule is O=S1(=O)CC[C@H](Nc2ncnc3cc(-c4ccc(Cl)cc4)sc23)C1. The van der Waals surface area contributed by atoms with E-state index in [9.17, 15) is 8.42 Å². The van der Waals surface area contributed by atoms with Gasteiger partial charge >= 0.3 is 0 Å². The summed E-state index contributed by atoms with van der Waals surface area (Å²) in [4.78, 5) is 9.71. The summed E-state index contributed by atoms with van der Waals surface area (Å²) in [7, 11) is -2.93. The summed E-state index contributed by atoms with van der Waals surface area (Å²) in [6.07, 6.45) is 2.12. The number of rotatable bonds is 3. The van der Waals surface area contributed by atoms with Crippen molar-refractivity contribution in [1.82, 2.24) is 9.97 Å². The number of hydrogen-bond donors (Lipinski definition) is 1. The van der Waals surface area contributed by atoms with Crippen LogP contribution in [0.2, 0.25) is 5.02 Å². The summed E-state index contributed by atoms with van der Waals surface area (Å²) >= 11 is 7.53. The molecule has 0 aliphatic carbocycles. The van der Waals surface area contributed by atoms with Crippen LogP contribution < -0.4 is 5.32 Å². The molecular formula is C16H14ClN3O2S2. The van der Waals surface area contributed by atoms with Crippen molar-refractivity contribution < 1.29 is 8.42 Å². The third-order valence-corrected chi connectivity index (χ3v) is 7.21. The van der Waals surface area contributed by atoms with E-state index in [1.807, 2.05) is 30.3 Å². The van der Waals surface area contributed by atoms with Gasteiger partial charge < -0.3 is 5.32 Å². The lowest BCUT2D eigenvalue weighted by Crippen LogP contribution is -2.21. The van der Waals surface area contributed by atoms with E-state index < -0.39 is 9.84 Å². The molecule has 124 valence electrons. The summed E-state index contributed by atoms with van der Waals surface area (Å²) in [5, 5.41) is 3.97. The molecule has 3 aromatic rings. The highest BCUT2D eigenvalue weighted by molar-refractivity contribution is 7.91. The summed E-state index contributed by atoms with van der Waals surface area (Å²) in [5.41, 5.74) is 1.92. The van der Waals surface area contributed by atoms with E-state index in [-0.39, 0.29) is 17.5 Å². The number of thiophene rings is 1. The second-order valence-corrected chi connectivity index (χ2v) is 9.52. The predicted octanol–water partition coefficient (Wildman–Crippen LogP) is 3.61. The zero-order valence-corrected chi connectivity index (χ0v) is 15.0. The maximum atomic E-state index is 11.6. The topological polar surface area (TPSA) is 72.0 Å². The Balaban J connectivity index is 1.68. The standard InChI is InChI=1S/C16H14ClN3O2S2/c17-11-3-1-10(2-4-11)14-7-13-15(23-14)16(19-9-18-13)20-12-5-6-24(21,22)8-12/h1-4,7,9,12H,5-6,8H2,(H,18,19,20)/t12-/m0/s1. The second kappa shape index (κ2) is 5.98. The molecule has 1 aliphatic rings. The van der Waals surface area contributed by atoms with Crippen LogP contribution in [0, 0.1) is 0 Å². The van der Waals surface area contributed by atoms with Crippen LogP contribution in [-0.4, -0.2) is 35.9 Å². The number of nitrogens with one attached hydrogen (secondary N) is 1. The van der Waals surface area contributed by atoms with E-state index in [1.165, 1.54) is 6.33 Å². The molecule has 0 amide bonds. The maximum Gasteiger partial charge on any atom is 0.152 e. The van der Waals surface area contributed by atoms with Crippen molar-refractivity contribution in [2.24, 2.45) is 0 Å². The first-order chi connectivity index (χ1) is 11.5. The summed E-state index contributed by atoms with van der Waals surface area (Å²) in [6.45, 7) is 0. The van der Waals surface area contributed by atoms with E-state index in [4.69, 9.17) is 11.6 Å². The fourth-order valence-corrected chi connectivity index (χ4v) is 5.68. The van der Waals surface area contributed by atoms with Crippen LogP contribution in [0.5, 0.6) is 0 Å². The third-order valence-electron chi connectivity index (χ3n) is 4.01. The molecule has 1 fully saturated rings. The molecule has 5 nitrogen and oxygen atoms in total. The lowest BCUT2D eigenvalue weighted by Gasteiger charge is -2.11. The lowest BCUT2D eigenvalue weighted by atomic mass is 10.2. The Morgan fingerprint density at radius 2 is 2.00 bits per heavy atom. The number of halogens is 1. The largest absolute Gasteiger partial charge is 0.365 e. The average molecular weight is 380 g/mol. The van der Waals surface area contributed by atoms with Crippen molar-refractivity contribution >= 4 is 48.8 Å². The van der Waals surface area contributed by atoms with E-state index in [0.717, 1.165) is 20.7 Å². The summed E-state index contributed by atoms with van der Waals surface area (Å²) in [6, 6.07) is 9.58. The Kier molecular flexibility index (Phi) is 3.94. The van der Waals surface area contributed by atoms with Crippen LogP contribution >= 0.6 is 22.9 Å². The van der Waals surface area contributed by atoms with Crippen molar-refractivity contribution in [1.29, 1.82) is 0 Å². The van der Waals surface area contributed by atoms with Gasteiger partial charge in [-0.3, -0.25) is 0 Å². The van der Waals surface area contributed by atoms with Crippen LogP contribution in [0.4, 0.5) is 5.82 Å². The Hall–Kier alpha value is -1.70.